The minimum atomic E-state index is -7.00. The van der Waals surface area contributed by atoms with E-state index in [-0.39, 0.29) is 6.54 Å². The van der Waals surface area contributed by atoms with Crippen LogP contribution in [0.3, 0.4) is 0 Å². The van der Waals surface area contributed by atoms with Gasteiger partial charge in [-0.3, -0.25) is 0 Å². The number of aliphatic hydroxyl groups is 1. The number of ether oxygens (including phenoxy) is 1. The molecular weight excluding hydrogens is 528 g/mol. The van der Waals surface area contributed by atoms with Gasteiger partial charge in [0.15, 0.2) is 0 Å². The van der Waals surface area contributed by atoms with Crippen molar-refractivity contribution < 1.29 is 49.4 Å². The monoisotopic (exact) mass is 541 g/mol. The Morgan fingerprint density at radius 1 is 0.794 bits per heavy atom. The Kier molecular flexibility index (Phi) is 7.04. The standard InChI is InChI=1S/C20H14Cl2F9NO2/c21-10-1-3-15-13(5-10)14-6-11(22)2-4-16(14)32(15)7-12(33)8-34-9-17(23,24)18(25,26)19(27,28)20(29,30)31/h1-6,12,33H,7-9H2/t12-/m1/s1. The van der Waals surface area contributed by atoms with Crippen molar-refractivity contribution in [2.24, 2.45) is 0 Å². The zero-order valence-corrected chi connectivity index (χ0v) is 18.1. The van der Waals surface area contributed by atoms with Crippen LogP contribution in [0, 0.1) is 0 Å². The molecule has 0 aliphatic carbocycles. The summed E-state index contributed by atoms with van der Waals surface area (Å²) in [7, 11) is 0. The molecule has 1 atom stereocenters. The molecule has 0 aliphatic rings. The fraction of sp³-hybridized carbons (Fsp3) is 0.400. The highest BCUT2D eigenvalue weighted by molar-refractivity contribution is 6.33. The summed E-state index contributed by atoms with van der Waals surface area (Å²) in [5.41, 5.74) is 1.06. The molecule has 188 valence electrons. The van der Waals surface area contributed by atoms with Crippen LogP contribution in [0.4, 0.5) is 39.5 Å². The van der Waals surface area contributed by atoms with Crippen LogP contribution in [-0.4, -0.2) is 52.9 Å². The number of nitrogens with zero attached hydrogens (tertiary/aromatic N) is 1. The Morgan fingerprint density at radius 3 is 1.71 bits per heavy atom. The van der Waals surface area contributed by atoms with Gasteiger partial charge < -0.3 is 14.4 Å². The highest BCUT2D eigenvalue weighted by atomic mass is 35.5. The molecule has 0 unspecified atom stereocenters. The SMILES string of the molecule is O[C@@H](COCC(F)(F)C(F)(F)C(F)(F)C(F)(F)F)Cn1c2ccc(Cl)cc2c2cc(Cl)ccc21. The summed E-state index contributed by atoms with van der Waals surface area (Å²) in [4.78, 5) is 0. The molecule has 0 amide bonds. The van der Waals surface area contributed by atoms with E-state index in [0.29, 0.717) is 31.9 Å². The molecular formula is C20H14Cl2F9NO2. The van der Waals surface area contributed by atoms with Crippen LogP contribution in [0.2, 0.25) is 10.0 Å². The van der Waals surface area contributed by atoms with E-state index in [1.54, 1.807) is 24.3 Å². The lowest BCUT2D eigenvalue weighted by molar-refractivity contribution is -0.400. The Labute approximate surface area is 195 Å². The van der Waals surface area contributed by atoms with Crippen molar-refractivity contribution in [2.75, 3.05) is 13.2 Å². The highest BCUT2D eigenvalue weighted by Crippen LogP contribution is 2.53. The van der Waals surface area contributed by atoms with Crippen molar-refractivity contribution in [3.05, 3.63) is 46.4 Å². The number of fused-ring (bicyclic) bond motifs is 3. The lowest BCUT2D eigenvalue weighted by Gasteiger charge is -2.33. The van der Waals surface area contributed by atoms with Crippen LogP contribution in [-0.2, 0) is 11.3 Å². The molecule has 3 aromatic rings. The Hall–Kier alpha value is -1.89. The molecule has 14 heteroatoms. The molecule has 1 N–H and O–H groups in total. The molecule has 34 heavy (non-hydrogen) atoms. The molecule has 3 nitrogen and oxygen atoms in total. The van der Waals surface area contributed by atoms with Crippen LogP contribution in [0.5, 0.6) is 0 Å². The molecule has 0 radical (unpaired) electrons. The number of aliphatic hydroxyl groups excluding tert-OH is 1. The van der Waals surface area contributed by atoms with Crippen molar-refractivity contribution in [3.63, 3.8) is 0 Å². The third-order valence-corrected chi connectivity index (χ3v) is 5.46. The predicted octanol–water partition coefficient (Wildman–Crippen LogP) is 6.95. The lowest BCUT2D eigenvalue weighted by Crippen LogP contribution is -2.62. The van der Waals surface area contributed by atoms with Crippen molar-refractivity contribution >= 4 is 45.0 Å². The summed E-state index contributed by atoms with van der Waals surface area (Å²) >= 11 is 12.0. The third-order valence-electron chi connectivity index (χ3n) is 4.99. The van der Waals surface area contributed by atoms with Crippen LogP contribution in [0.15, 0.2) is 36.4 Å². The van der Waals surface area contributed by atoms with E-state index in [0.717, 1.165) is 0 Å². The van der Waals surface area contributed by atoms with Gasteiger partial charge in [-0.05, 0) is 36.4 Å². The van der Waals surface area contributed by atoms with E-state index in [2.05, 4.69) is 4.74 Å². The van der Waals surface area contributed by atoms with Gasteiger partial charge in [-0.15, -0.1) is 0 Å². The fourth-order valence-electron chi connectivity index (χ4n) is 3.33. The maximum atomic E-state index is 13.6. The van der Waals surface area contributed by atoms with E-state index in [4.69, 9.17) is 23.2 Å². The minimum Gasteiger partial charge on any atom is -0.389 e. The number of benzene rings is 2. The van der Waals surface area contributed by atoms with Gasteiger partial charge in [-0.25, -0.2) is 0 Å². The normalized spacial score (nSPS) is 14.8. The summed E-state index contributed by atoms with van der Waals surface area (Å²) in [6.45, 7) is -3.88. The van der Waals surface area contributed by atoms with Crippen LogP contribution in [0.1, 0.15) is 0 Å². The first-order valence-electron chi connectivity index (χ1n) is 9.32. The quantitative estimate of drug-likeness (QED) is 0.313. The molecule has 2 aromatic carbocycles. The van der Waals surface area contributed by atoms with Crippen LogP contribution >= 0.6 is 23.2 Å². The van der Waals surface area contributed by atoms with Gasteiger partial charge in [-0.2, -0.15) is 39.5 Å². The number of alkyl halides is 9. The number of hydrogen-bond acceptors (Lipinski definition) is 2. The van der Waals surface area contributed by atoms with Crippen molar-refractivity contribution in [2.45, 2.75) is 36.6 Å². The number of hydrogen-bond donors (Lipinski definition) is 1. The predicted molar refractivity (Wildman–Crippen MR) is 107 cm³/mol. The van der Waals surface area contributed by atoms with Gasteiger partial charge in [0.1, 0.15) is 6.61 Å². The average molecular weight is 542 g/mol. The summed E-state index contributed by atoms with van der Waals surface area (Å²) in [6, 6.07) is 9.47. The van der Waals surface area contributed by atoms with Gasteiger partial charge in [0.05, 0.1) is 19.3 Å². The lowest BCUT2D eigenvalue weighted by atomic mass is 10.0. The first-order valence-corrected chi connectivity index (χ1v) is 10.1. The Morgan fingerprint density at radius 2 is 1.26 bits per heavy atom. The van der Waals surface area contributed by atoms with Gasteiger partial charge in [0.25, 0.3) is 0 Å². The third kappa shape index (κ3) is 4.65. The van der Waals surface area contributed by atoms with Crippen LogP contribution in [0.25, 0.3) is 21.8 Å². The molecule has 1 aromatic heterocycles. The number of rotatable bonds is 8. The van der Waals surface area contributed by atoms with Crippen molar-refractivity contribution in [3.8, 4) is 0 Å². The second-order valence-electron chi connectivity index (χ2n) is 7.45. The van der Waals surface area contributed by atoms with E-state index in [9.17, 15) is 44.6 Å². The average Bonchev–Trinajstić information content (AvgIpc) is 2.98. The van der Waals surface area contributed by atoms with Crippen LogP contribution < -0.4 is 0 Å². The first kappa shape index (κ1) is 26.7. The van der Waals surface area contributed by atoms with Gasteiger partial charge in [0.2, 0.25) is 0 Å². The topological polar surface area (TPSA) is 34.4 Å². The van der Waals surface area contributed by atoms with Gasteiger partial charge in [-0.1, -0.05) is 23.2 Å². The van der Waals surface area contributed by atoms with E-state index in [1.807, 2.05) is 0 Å². The Bertz CT molecular complexity index is 1130. The zero-order chi connectivity index (χ0) is 25.7. The summed E-state index contributed by atoms with van der Waals surface area (Å²) in [5.74, 6) is -19.7. The first-order chi connectivity index (χ1) is 15.5. The molecule has 0 saturated carbocycles. The summed E-state index contributed by atoms with van der Waals surface area (Å²) in [6.07, 6.45) is -8.54. The highest BCUT2D eigenvalue weighted by Gasteiger charge is 2.81. The smallest absolute Gasteiger partial charge is 0.389 e. The minimum absolute atomic E-state index is 0.329. The molecule has 0 aliphatic heterocycles. The van der Waals surface area contributed by atoms with Gasteiger partial charge in [0, 0.05) is 31.9 Å². The zero-order valence-electron chi connectivity index (χ0n) is 16.6. The maximum absolute atomic E-state index is 13.6. The maximum Gasteiger partial charge on any atom is 0.460 e. The van der Waals surface area contributed by atoms with Crippen molar-refractivity contribution in [1.29, 1.82) is 0 Å². The molecule has 0 bridgehead atoms. The van der Waals surface area contributed by atoms with Crippen molar-refractivity contribution in [1.82, 2.24) is 4.57 Å². The largest absolute Gasteiger partial charge is 0.460 e. The number of halogens is 11. The molecule has 0 saturated heterocycles. The Balaban J connectivity index is 1.76. The second-order valence-corrected chi connectivity index (χ2v) is 8.33. The van der Waals surface area contributed by atoms with E-state index >= 15 is 0 Å². The summed E-state index contributed by atoms with van der Waals surface area (Å²) in [5, 5.41) is 12.2. The van der Waals surface area contributed by atoms with Gasteiger partial charge >= 0.3 is 23.9 Å². The molecule has 3 rings (SSSR count). The molecule has 1 heterocycles. The second kappa shape index (κ2) is 8.96. The summed E-state index contributed by atoms with van der Waals surface area (Å²) < 4.78 is 122. The van der Waals surface area contributed by atoms with E-state index < -0.39 is 43.3 Å². The van der Waals surface area contributed by atoms with E-state index in [1.165, 1.54) is 16.7 Å². The molecule has 0 fully saturated rings. The molecule has 0 spiro atoms. The number of aromatic nitrogens is 1. The fourth-order valence-corrected chi connectivity index (χ4v) is 3.67.